The van der Waals surface area contributed by atoms with E-state index in [1.54, 1.807) is 13.0 Å². The summed E-state index contributed by atoms with van der Waals surface area (Å²) >= 11 is 6.11. The van der Waals surface area contributed by atoms with Crippen molar-refractivity contribution in [1.82, 2.24) is 19.7 Å². The molecule has 0 saturated heterocycles. The molecule has 3 heterocycles. The summed E-state index contributed by atoms with van der Waals surface area (Å²) in [5.74, 6) is -0.499. The van der Waals surface area contributed by atoms with Crippen LogP contribution in [-0.2, 0) is 0 Å². The number of halogens is 2. The van der Waals surface area contributed by atoms with E-state index in [9.17, 15) is 14.0 Å². The van der Waals surface area contributed by atoms with Gasteiger partial charge in [0.15, 0.2) is 11.6 Å². The minimum atomic E-state index is -0.678. The molecule has 4 rings (SSSR count). The van der Waals surface area contributed by atoms with Gasteiger partial charge in [0, 0.05) is 11.6 Å². The smallest absolute Gasteiger partial charge is 0.333 e. The van der Waals surface area contributed by atoms with E-state index >= 15 is 0 Å². The van der Waals surface area contributed by atoms with Crippen molar-refractivity contribution in [1.29, 1.82) is 0 Å². The molecule has 8 nitrogen and oxygen atoms in total. The number of nitrogens with one attached hydrogen (secondary N) is 1. The Hall–Kier alpha value is -3.46. The van der Waals surface area contributed by atoms with Crippen molar-refractivity contribution in [3.05, 3.63) is 67.8 Å². The van der Waals surface area contributed by atoms with E-state index in [-0.39, 0.29) is 33.3 Å². The number of hydrogen-bond acceptors (Lipinski definition) is 6. The molecule has 0 fully saturated rings. The first-order valence-corrected chi connectivity index (χ1v) is 8.39. The number of ether oxygens (including phenoxy) is 1. The van der Waals surface area contributed by atoms with Crippen LogP contribution in [0.25, 0.3) is 28.1 Å². The summed E-state index contributed by atoms with van der Waals surface area (Å²) < 4.78 is 25.3. The van der Waals surface area contributed by atoms with E-state index in [1.807, 2.05) is 0 Å². The topological polar surface area (TPSA) is 103 Å². The van der Waals surface area contributed by atoms with E-state index in [0.29, 0.717) is 11.3 Å². The van der Waals surface area contributed by atoms with Crippen molar-refractivity contribution < 1.29 is 13.5 Å². The average molecular weight is 403 g/mol. The highest BCUT2D eigenvalue weighted by Crippen LogP contribution is 2.35. The van der Waals surface area contributed by atoms with Gasteiger partial charge in [0.25, 0.3) is 0 Å². The molecule has 3 aromatic heterocycles. The molecular formula is C18H12ClFN4O4. The number of H-pyrrole nitrogens is 1. The molecule has 0 bridgehead atoms. The summed E-state index contributed by atoms with van der Waals surface area (Å²) in [5, 5.41) is 7.62. The fourth-order valence-corrected chi connectivity index (χ4v) is 3.07. The number of aromatic nitrogens is 4. The number of aromatic amines is 1. The predicted molar refractivity (Wildman–Crippen MR) is 99.7 cm³/mol. The molecular weight excluding hydrogens is 391 g/mol. The predicted octanol–water partition coefficient (Wildman–Crippen LogP) is 2.84. The van der Waals surface area contributed by atoms with Gasteiger partial charge in [0.05, 0.1) is 35.2 Å². The van der Waals surface area contributed by atoms with Crippen molar-refractivity contribution in [3.63, 3.8) is 0 Å². The van der Waals surface area contributed by atoms with Crippen molar-refractivity contribution in [2.45, 2.75) is 6.92 Å². The Morgan fingerprint density at radius 3 is 2.75 bits per heavy atom. The molecule has 4 aromatic rings. The molecule has 0 aliphatic rings. The van der Waals surface area contributed by atoms with Crippen LogP contribution in [0.2, 0.25) is 5.02 Å². The highest BCUT2D eigenvalue weighted by atomic mass is 35.5. The van der Waals surface area contributed by atoms with Crippen LogP contribution in [0.5, 0.6) is 5.75 Å². The van der Waals surface area contributed by atoms with Crippen LogP contribution in [0.3, 0.4) is 0 Å². The number of rotatable bonds is 3. The van der Waals surface area contributed by atoms with Gasteiger partial charge in [0.2, 0.25) is 5.58 Å². The monoisotopic (exact) mass is 402 g/mol. The normalized spacial score (nSPS) is 11.1. The van der Waals surface area contributed by atoms with E-state index in [4.69, 9.17) is 20.8 Å². The third kappa shape index (κ3) is 2.85. The first-order chi connectivity index (χ1) is 13.4. The zero-order valence-electron chi connectivity index (χ0n) is 14.6. The molecule has 0 spiro atoms. The number of furan rings is 1. The van der Waals surface area contributed by atoms with E-state index in [2.05, 4.69) is 15.2 Å². The molecule has 1 aromatic carbocycles. The Labute approximate surface area is 161 Å². The van der Waals surface area contributed by atoms with Crippen LogP contribution >= 0.6 is 11.6 Å². The van der Waals surface area contributed by atoms with Crippen LogP contribution in [0, 0.1) is 12.7 Å². The second kappa shape index (κ2) is 6.61. The Bertz CT molecular complexity index is 1340. The van der Waals surface area contributed by atoms with Gasteiger partial charge in [-0.3, -0.25) is 4.79 Å². The van der Waals surface area contributed by atoms with Crippen LogP contribution in [0.15, 0.2) is 44.5 Å². The van der Waals surface area contributed by atoms with Gasteiger partial charge in [-0.15, -0.1) is 0 Å². The quantitative estimate of drug-likeness (QED) is 0.565. The third-order valence-electron chi connectivity index (χ3n) is 4.10. The Kier molecular flexibility index (Phi) is 4.23. The Morgan fingerprint density at radius 1 is 1.25 bits per heavy atom. The lowest BCUT2D eigenvalue weighted by Gasteiger charge is -2.06. The SMILES string of the molecule is COc1cc(-c2cc3[nH]c(=O)n(-c4cnnc(C)c4)c(=O)c3o2)c(Cl)cc1F. The Morgan fingerprint density at radius 2 is 2.04 bits per heavy atom. The minimum absolute atomic E-state index is 0.0379. The maximum atomic E-state index is 13.8. The van der Waals surface area contributed by atoms with Crippen LogP contribution in [0.1, 0.15) is 5.69 Å². The standard InChI is InChI=1S/C18H12ClFN4O4/c1-8-3-9(7-21-23-8)24-17(25)16-13(22-18(24)26)6-14(28-16)10-4-15(27-2)12(20)5-11(10)19/h3-7H,1-2H3,(H,22,26). The number of nitrogens with zero attached hydrogens (tertiary/aromatic N) is 3. The van der Waals surface area contributed by atoms with Gasteiger partial charge < -0.3 is 14.1 Å². The number of methoxy groups -OCH3 is 1. The van der Waals surface area contributed by atoms with Gasteiger partial charge in [-0.1, -0.05) is 11.6 Å². The zero-order valence-corrected chi connectivity index (χ0v) is 15.4. The molecule has 0 atom stereocenters. The van der Waals surface area contributed by atoms with Crippen molar-refractivity contribution >= 4 is 22.7 Å². The van der Waals surface area contributed by atoms with E-state index in [0.717, 1.165) is 10.6 Å². The van der Waals surface area contributed by atoms with Gasteiger partial charge in [0.1, 0.15) is 5.76 Å². The van der Waals surface area contributed by atoms with Crippen molar-refractivity contribution in [3.8, 4) is 22.8 Å². The fourth-order valence-electron chi connectivity index (χ4n) is 2.83. The molecule has 10 heteroatoms. The molecule has 1 N–H and O–H groups in total. The zero-order chi connectivity index (χ0) is 20.0. The van der Waals surface area contributed by atoms with Crippen molar-refractivity contribution in [2.75, 3.05) is 7.11 Å². The number of hydrogen-bond donors (Lipinski definition) is 1. The van der Waals surface area contributed by atoms with E-state index < -0.39 is 17.1 Å². The fraction of sp³-hybridized carbons (Fsp3) is 0.111. The largest absolute Gasteiger partial charge is 0.494 e. The average Bonchev–Trinajstić information content (AvgIpc) is 3.06. The summed E-state index contributed by atoms with van der Waals surface area (Å²) in [7, 11) is 1.32. The lowest BCUT2D eigenvalue weighted by Crippen LogP contribution is -2.33. The number of fused-ring (bicyclic) bond motifs is 1. The summed E-state index contributed by atoms with van der Waals surface area (Å²) in [5.41, 5.74) is -0.163. The molecule has 142 valence electrons. The molecule has 0 unspecified atom stereocenters. The van der Waals surface area contributed by atoms with Gasteiger partial charge >= 0.3 is 11.2 Å². The van der Waals surface area contributed by atoms with Crippen molar-refractivity contribution in [2.24, 2.45) is 0 Å². The summed E-state index contributed by atoms with van der Waals surface area (Å²) in [6.07, 6.45) is 1.29. The molecule has 28 heavy (non-hydrogen) atoms. The van der Waals surface area contributed by atoms with Crippen LogP contribution in [-0.4, -0.2) is 26.9 Å². The Balaban J connectivity index is 1.96. The summed E-state index contributed by atoms with van der Waals surface area (Å²) in [4.78, 5) is 27.9. The lowest BCUT2D eigenvalue weighted by molar-refractivity contribution is 0.386. The molecule has 0 aliphatic carbocycles. The first-order valence-electron chi connectivity index (χ1n) is 8.01. The highest BCUT2D eigenvalue weighted by molar-refractivity contribution is 6.33. The van der Waals surface area contributed by atoms with Gasteiger partial charge in [-0.2, -0.15) is 10.2 Å². The summed E-state index contributed by atoms with van der Waals surface area (Å²) in [6, 6.07) is 5.41. The second-order valence-electron chi connectivity index (χ2n) is 5.95. The van der Waals surface area contributed by atoms with Crippen LogP contribution < -0.4 is 16.0 Å². The van der Waals surface area contributed by atoms with Crippen LogP contribution in [0.4, 0.5) is 4.39 Å². The van der Waals surface area contributed by atoms with E-state index in [1.165, 1.54) is 25.4 Å². The number of benzene rings is 1. The molecule has 0 amide bonds. The molecule has 0 saturated carbocycles. The third-order valence-corrected chi connectivity index (χ3v) is 4.41. The molecule has 0 aliphatic heterocycles. The number of aryl methyl sites for hydroxylation is 1. The highest BCUT2D eigenvalue weighted by Gasteiger charge is 2.19. The maximum absolute atomic E-state index is 13.8. The van der Waals surface area contributed by atoms with Gasteiger partial charge in [-0.25, -0.2) is 13.8 Å². The second-order valence-corrected chi connectivity index (χ2v) is 6.35. The minimum Gasteiger partial charge on any atom is -0.494 e. The molecule has 0 radical (unpaired) electrons. The summed E-state index contributed by atoms with van der Waals surface area (Å²) in [6.45, 7) is 1.68. The first kappa shape index (κ1) is 17.9. The maximum Gasteiger partial charge on any atom is 0.333 e. The van der Waals surface area contributed by atoms with Gasteiger partial charge in [-0.05, 0) is 25.1 Å². The lowest BCUT2D eigenvalue weighted by atomic mass is 10.1.